The van der Waals surface area contributed by atoms with E-state index in [9.17, 15) is 18.8 Å². The average Bonchev–Trinajstić information content (AvgIpc) is 2.82. The van der Waals surface area contributed by atoms with Gasteiger partial charge < -0.3 is 0 Å². The normalized spacial score (nSPS) is 10.5. The summed E-state index contributed by atoms with van der Waals surface area (Å²) < 4.78 is 14.4. The average molecular weight is 302 g/mol. The van der Waals surface area contributed by atoms with Gasteiger partial charge in [0.2, 0.25) is 5.78 Å². The summed E-state index contributed by atoms with van der Waals surface area (Å²) in [4.78, 5) is 34.3. The number of hydrogen-bond acceptors (Lipinski definition) is 4. The van der Waals surface area contributed by atoms with Gasteiger partial charge in [-0.05, 0) is 24.6 Å². The van der Waals surface area contributed by atoms with E-state index in [-0.39, 0.29) is 5.82 Å². The van der Waals surface area contributed by atoms with Crippen LogP contribution in [0.5, 0.6) is 0 Å². The highest BCUT2D eigenvalue weighted by Crippen LogP contribution is 2.12. The summed E-state index contributed by atoms with van der Waals surface area (Å²) in [5.41, 5.74) is 1.64. The lowest BCUT2D eigenvalue weighted by Gasteiger charge is -2.01. The van der Waals surface area contributed by atoms with E-state index in [1.54, 1.807) is 23.7 Å². The van der Waals surface area contributed by atoms with Crippen LogP contribution in [0.4, 0.5) is 4.39 Å². The van der Waals surface area contributed by atoms with Crippen LogP contribution in [0, 0.1) is 12.7 Å². The van der Waals surface area contributed by atoms with Gasteiger partial charge in [-0.3, -0.25) is 19.1 Å². The molecule has 0 saturated heterocycles. The molecule has 0 bridgehead atoms. The maximum Gasteiger partial charge on any atom is 0.205 e. The summed E-state index contributed by atoms with van der Waals surface area (Å²) in [5.74, 6) is -2.09. The van der Waals surface area contributed by atoms with Crippen molar-refractivity contribution in [2.75, 3.05) is 0 Å². The van der Waals surface area contributed by atoms with Crippen LogP contribution in [-0.2, 0) is 16.1 Å². The Morgan fingerprint density at radius 3 is 2.41 bits per heavy atom. The zero-order valence-electron chi connectivity index (χ0n) is 12.3. The lowest BCUT2D eigenvalue weighted by atomic mass is 10.1. The first kappa shape index (κ1) is 15.8. The molecular weight excluding hydrogens is 287 g/mol. The van der Waals surface area contributed by atoms with Gasteiger partial charge in [-0.2, -0.15) is 5.10 Å². The highest BCUT2D eigenvalue weighted by atomic mass is 19.1. The van der Waals surface area contributed by atoms with Gasteiger partial charge in [-0.15, -0.1) is 0 Å². The molecule has 0 N–H and O–H groups in total. The molecule has 0 aliphatic carbocycles. The third-order valence-corrected chi connectivity index (χ3v) is 3.22. The summed E-state index contributed by atoms with van der Waals surface area (Å²) in [7, 11) is 0. The van der Waals surface area contributed by atoms with Crippen molar-refractivity contribution in [2.24, 2.45) is 0 Å². The van der Waals surface area contributed by atoms with Gasteiger partial charge in [-0.1, -0.05) is 12.1 Å². The molecule has 5 nitrogen and oxygen atoms in total. The van der Waals surface area contributed by atoms with Crippen molar-refractivity contribution in [2.45, 2.75) is 26.8 Å². The number of aromatic nitrogens is 2. The first-order valence-corrected chi connectivity index (χ1v) is 6.72. The Morgan fingerprint density at radius 2 is 1.82 bits per heavy atom. The number of halogens is 1. The highest BCUT2D eigenvalue weighted by Gasteiger charge is 2.19. The van der Waals surface area contributed by atoms with E-state index in [1.807, 2.05) is 0 Å². The fourth-order valence-electron chi connectivity index (χ4n) is 2.02. The molecule has 0 aliphatic heterocycles. The maximum atomic E-state index is 12.9. The van der Waals surface area contributed by atoms with Gasteiger partial charge >= 0.3 is 0 Å². The van der Waals surface area contributed by atoms with Crippen molar-refractivity contribution in [1.29, 1.82) is 0 Å². The standard InChI is InChI=1S/C16H15FN2O3/c1-10-14(16(22)7-15(21)11(2)20)9-19(18-10)8-12-3-5-13(17)6-4-12/h3-6,9H,7-8H2,1-2H3. The second kappa shape index (κ2) is 6.43. The lowest BCUT2D eigenvalue weighted by Crippen LogP contribution is -2.15. The summed E-state index contributed by atoms with van der Waals surface area (Å²) in [5, 5.41) is 4.21. The topological polar surface area (TPSA) is 69.0 Å². The molecule has 2 aromatic rings. The first-order chi connectivity index (χ1) is 10.4. The predicted molar refractivity (Wildman–Crippen MR) is 77.1 cm³/mol. The SMILES string of the molecule is CC(=O)C(=O)CC(=O)c1cn(Cc2ccc(F)cc2)nc1C. The molecule has 22 heavy (non-hydrogen) atoms. The second-order valence-corrected chi connectivity index (χ2v) is 5.03. The van der Waals surface area contributed by atoms with Gasteiger partial charge in [0.25, 0.3) is 0 Å². The highest BCUT2D eigenvalue weighted by molar-refractivity contribution is 6.40. The van der Waals surface area contributed by atoms with Gasteiger partial charge in [0.15, 0.2) is 11.6 Å². The van der Waals surface area contributed by atoms with Crippen LogP contribution in [0.15, 0.2) is 30.5 Å². The minimum atomic E-state index is -0.712. The third kappa shape index (κ3) is 3.72. The molecule has 0 amide bonds. The van der Waals surface area contributed by atoms with Crippen LogP contribution in [0.25, 0.3) is 0 Å². The number of benzene rings is 1. The van der Waals surface area contributed by atoms with Crippen LogP contribution in [0.2, 0.25) is 0 Å². The largest absolute Gasteiger partial charge is 0.294 e. The van der Waals surface area contributed by atoms with Crippen LogP contribution < -0.4 is 0 Å². The number of carbonyl (C=O) groups excluding carboxylic acids is 3. The van der Waals surface area contributed by atoms with Gasteiger partial charge in [0.1, 0.15) is 5.82 Å². The zero-order valence-corrected chi connectivity index (χ0v) is 12.3. The van der Waals surface area contributed by atoms with Crippen molar-refractivity contribution in [3.63, 3.8) is 0 Å². The van der Waals surface area contributed by atoms with Crippen molar-refractivity contribution < 1.29 is 18.8 Å². The number of rotatable bonds is 6. The van der Waals surface area contributed by atoms with Crippen LogP contribution in [-0.4, -0.2) is 27.1 Å². The lowest BCUT2D eigenvalue weighted by molar-refractivity contribution is -0.134. The Bertz CT molecular complexity index is 732. The number of Topliss-reactive ketones (excluding diaryl/α,β-unsaturated/α-hetero) is 3. The van der Waals surface area contributed by atoms with Crippen molar-refractivity contribution in [3.8, 4) is 0 Å². The zero-order chi connectivity index (χ0) is 16.3. The van der Waals surface area contributed by atoms with E-state index in [0.29, 0.717) is 17.8 Å². The Labute approximate surface area is 126 Å². The molecular formula is C16H15FN2O3. The van der Waals surface area contributed by atoms with Crippen molar-refractivity contribution in [1.82, 2.24) is 9.78 Å². The van der Waals surface area contributed by atoms with Crippen LogP contribution in [0.1, 0.15) is 35.0 Å². The second-order valence-electron chi connectivity index (χ2n) is 5.03. The molecule has 1 aromatic heterocycles. The number of aryl methyl sites for hydroxylation is 1. The molecule has 6 heteroatoms. The maximum absolute atomic E-state index is 12.9. The molecule has 0 radical (unpaired) electrons. The molecule has 1 heterocycles. The number of ketones is 3. The third-order valence-electron chi connectivity index (χ3n) is 3.22. The molecule has 0 saturated carbocycles. The Balaban J connectivity index is 2.14. The summed E-state index contributed by atoms with van der Waals surface area (Å²) in [6.45, 7) is 3.18. The van der Waals surface area contributed by atoms with E-state index in [4.69, 9.17) is 0 Å². The van der Waals surface area contributed by atoms with Gasteiger partial charge in [-0.25, -0.2) is 4.39 Å². The van der Waals surface area contributed by atoms with E-state index < -0.39 is 23.8 Å². The first-order valence-electron chi connectivity index (χ1n) is 6.72. The minimum absolute atomic E-state index is 0.316. The van der Waals surface area contributed by atoms with Crippen LogP contribution in [0.3, 0.4) is 0 Å². The molecule has 0 aliphatic rings. The number of hydrogen-bond donors (Lipinski definition) is 0. The minimum Gasteiger partial charge on any atom is -0.294 e. The molecule has 0 spiro atoms. The summed E-state index contributed by atoms with van der Waals surface area (Å²) >= 11 is 0. The molecule has 114 valence electrons. The molecule has 1 aromatic carbocycles. The molecule has 2 rings (SSSR count). The quantitative estimate of drug-likeness (QED) is 0.465. The van der Waals surface area contributed by atoms with Gasteiger partial charge in [0.05, 0.1) is 24.2 Å². The summed E-state index contributed by atoms with van der Waals surface area (Å²) in [6, 6.07) is 5.97. The summed E-state index contributed by atoms with van der Waals surface area (Å²) in [6.07, 6.45) is 1.09. The fourth-order valence-corrected chi connectivity index (χ4v) is 2.02. The smallest absolute Gasteiger partial charge is 0.205 e. The van der Waals surface area contributed by atoms with E-state index >= 15 is 0 Å². The van der Waals surface area contributed by atoms with Crippen LogP contribution >= 0.6 is 0 Å². The number of nitrogens with zero attached hydrogens (tertiary/aromatic N) is 2. The van der Waals surface area contributed by atoms with E-state index in [1.165, 1.54) is 18.3 Å². The Hall–Kier alpha value is -2.63. The predicted octanol–water partition coefficient (Wildman–Crippen LogP) is 2.11. The van der Waals surface area contributed by atoms with E-state index in [2.05, 4.69) is 5.10 Å². The van der Waals surface area contributed by atoms with Crippen molar-refractivity contribution in [3.05, 3.63) is 53.1 Å². The van der Waals surface area contributed by atoms with Crippen molar-refractivity contribution >= 4 is 17.3 Å². The Kier molecular flexibility index (Phi) is 4.60. The molecule has 0 fully saturated rings. The number of carbonyl (C=O) groups is 3. The van der Waals surface area contributed by atoms with E-state index in [0.717, 1.165) is 12.5 Å². The van der Waals surface area contributed by atoms with Gasteiger partial charge in [0, 0.05) is 13.1 Å². The Morgan fingerprint density at radius 1 is 1.18 bits per heavy atom. The fraction of sp³-hybridized carbons (Fsp3) is 0.250. The monoisotopic (exact) mass is 302 g/mol. The molecule has 0 unspecified atom stereocenters. The molecule has 0 atom stereocenters.